The molecule has 152 valence electrons. The molecule has 0 bridgehead atoms. The van der Waals surface area contributed by atoms with Crippen molar-refractivity contribution in [1.29, 1.82) is 0 Å². The molecule has 2 aromatic rings. The van der Waals surface area contributed by atoms with Crippen LogP contribution in [0.5, 0.6) is 5.75 Å². The predicted octanol–water partition coefficient (Wildman–Crippen LogP) is 2.08. The van der Waals surface area contributed by atoms with Crippen molar-refractivity contribution in [2.24, 2.45) is 0 Å². The third-order valence-electron chi connectivity index (χ3n) is 4.80. The van der Waals surface area contributed by atoms with Crippen molar-refractivity contribution in [3.8, 4) is 5.75 Å². The number of carbonyl (C=O) groups excluding carboxylic acids is 3. The highest BCUT2D eigenvalue weighted by molar-refractivity contribution is 6.07. The Hall–Kier alpha value is -3.55. The van der Waals surface area contributed by atoms with E-state index in [9.17, 15) is 14.4 Å². The average molecular weight is 396 g/mol. The summed E-state index contributed by atoms with van der Waals surface area (Å²) >= 11 is 0. The first-order valence-electron chi connectivity index (χ1n) is 9.30. The van der Waals surface area contributed by atoms with E-state index in [1.807, 2.05) is 36.4 Å². The zero-order valence-electron chi connectivity index (χ0n) is 16.4. The third kappa shape index (κ3) is 4.66. The van der Waals surface area contributed by atoms with Crippen LogP contribution < -0.4 is 20.8 Å². The largest absolute Gasteiger partial charge is 0.495 e. The maximum absolute atomic E-state index is 12.8. The number of para-hydroxylation sites is 2. The van der Waals surface area contributed by atoms with E-state index in [1.54, 1.807) is 25.1 Å². The Morgan fingerprint density at radius 1 is 1.10 bits per heavy atom. The lowest BCUT2D eigenvalue weighted by atomic mass is 9.93. The number of imide groups is 1. The number of hydrogen-bond donors (Lipinski definition) is 3. The monoisotopic (exact) mass is 396 g/mol. The van der Waals surface area contributed by atoms with Crippen LogP contribution >= 0.6 is 0 Å². The summed E-state index contributed by atoms with van der Waals surface area (Å²) in [4.78, 5) is 37.3. The summed E-state index contributed by atoms with van der Waals surface area (Å²) in [6, 6.07) is 16.2. The number of hydrazine groups is 1. The minimum Gasteiger partial charge on any atom is -0.495 e. The van der Waals surface area contributed by atoms with E-state index in [4.69, 9.17) is 4.74 Å². The van der Waals surface area contributed by atoms with Crippen LogP contribution in [0.4, 0.5) is 10.5 Å². The van der Waals surface area contributed by atoms with E-state index in [-0.39, 0.29) is 6.54 Å². The maximum atomic E-state index is 12.8. The second-order valence-corrected chi connectivity index (χ2v) is 6.98. The maximum Gasteiger partial charge on any atom is 0.344 e. The highest BCUT2D eigenvalue weighted by Gasteiger charge is 2.48. The van der Waals surface area contributed by atoms with Crippen molar-refractivity contribution in [3.63, 3.8) is 0 Å². The van der Waals surface area contributed by atoms with Gasteiger partial charge in [-0.2, -0.15) is 5.01 Å². The molecular weight excluding hydrogens is 372 g/mol. The van der Waals surface area contributed by atoms with Gasteiger partial charge < -0.3 is 15.4 Å². The summed E-state index contributed by atoms with van der Waals surface area (Å²) in [6.45, 7) is 1.54. The lowest BCUT2D eigenvalue weighted by Crippen LogP contribution is -2.50. The van der Waals surface area contributed by atoms with Crippen molar-refractivity contribution >= 4 is 23.5 Å². The molecule has 3 N–H and O–H groups in total. The molecule has 1 heterocycles. The van der Waals surface area contributed by atoms with E-state index >= 15 is 0 Å². The Bertz CT molecular complexity index is 903. The molecular formula is C21H24N4O4. The lowest BCUT2D eigenvalue weighted by Gasteiger charge is -2.21. The second-order valence-electron chi connectivity index (χ2n) is 6.98. The average Bonchev–Trinajstić information content (AvgIpc) is 2.95. The van der Waals surface area contributed by atoms with Gasteiger partial charge in [0.25, 0.3) is 11.8 Å². The molecule has 1 aliphatic heterocycles. The molecule has 1 saturated heterocycles. The number of aryl methyl sites for hydroxylation is 1. The van der Waals surface area contributed by atoms with Gasteiger partial charge in [-0.3, -0.25) is 15.0 Å². The quantitative estimate of drug-likeness (QED) is 0.594. The van der Waals surface area contributed by atoms with Crippen molar-refractivity contribution < 1.29 is 19.1 Å². The Kier molecular flexibility index (Phi) is 6.01. The molecule has 0 aliphatic carbocycles. The number of hydrogen-bond acceptors (Lipinski definition) is 5. The molecule has 1 aliphatic rings. The van der Waals surface area contributed by atoms with E-state index < -0.39 is 23.4 Å². The predicted molar refractivity (Wildman–Crippen MR) is 108 cm³/mol. The van der Waals surface area contributed by atoms with Crippen molar-refractivity contribution in [2.75, 3.05) is 19.0 Å². The van der Waals surface area contributed by atoms with E-state index in [0.29, 0.717) is 24.3 Å². The zero-order valence-corrected chi connectivity index (χ0v) is 16.4. The minimum atomic E-state index is -1.07. The molecule has 0 saturated carbocycles. The van der Waals surface area contributed by atoms with Crippen molar-refractivity contribution in [1.82, 2.24) is 15.8 Å². The molecule has 2 aromatic carbocycles. The number of amides is 4. The molecule has 0 spiro atoms. The van der Waals surface area contributed by atoms with Crippen LogP contribution in [0.2, 0.25) is 0 Å². The summed E-state index contributed by atoms with van der Waals surface area (Å²) in [5.41, 5.74) is 3.00. The number of benzene rings is 2. The second kappa shape index (κ2) is 8.64. The fourth-order valence-electron chi connectivity index (χ4n) is 3.12. The van der Waals surface area contributed by atoms with Crippen LogP contribution in [0.15, 0.2) is 54.6 Å². The van der Waals surface area contributed by atoms with Gasteiger partial charge in [-0.1, -0.05) is 42.5 Å². The van der Waals surface area contributed by atoms with Crippen molar-refractivity contribution in [3.05, 3.63) is 60.2 Å². The number of methoxy groups -OCH3 is 1. The summed E-state index contributed by atoms with van der Waals surface area (Å²) in [5, 5.41) is 6.36. The smallest absolute Gasteiger partial charge is 0.344 e. The summed E-state index contributed by atoms with van der Waals surface area (Å²) in [5.74, 6) is -0.417. The molecule has 8 nitrogen and oxygen atoms in total. The molecule has 0 aromatic heterocycles. The van der Waals surface area contributed by atoms with Gasteiger partial charge in [0.1, 0.15) is 11.3 Å². The van der Waals surface area contributed by atoms with Gasteiger partial charge in [0, 0.05) is 0 Å². The van der Waals surface area contributed by atoms with Crippen LogP contribution in [0.1, 0.15) is 18.9 Å². The van der Waals surface area contributed by atoms with Crippen LogP contribution in [-0.4, -0.2) is 42.0 Å². The van der Waals surface area contributed by atoms with Gasteiger partial charge >= 0.3 is 6.03 Å². The topological polar surface area (TPSA) is 99.8 Å². The van der Waals surface area contributed by atoms with E-state index in [0.717, 1.165) is 10.6 Å². The number of nitrogens with zero attached hydrogens (tertiary/aromatic N) is 1. The van der Waals surface area contributed by atoms with Gasteiger partial charge in [-0.25, -0.2) is 4.79 Å². The zero-order chi connectivity index (χ0) is 20.9. The minimum absolute atomic E-state index is 0.127. The van der Waals surface area contributed by atoms with Gasteiger partial charge in [0.15, 0.2) is 0 Å². The summed E-state index contributed by atoms with van der Waals surface area (Å²) in [7, 11) is 1.53. The molecule has 1 fully saturated rings. The van der Waals surface area contributed by atoms with E-state index in [1.165, 1.54) is 7.11 Å². The normalized spacial score (nSPS) is 18.3. The Labute approximate surface area is 169 Å². The highest BCUT2D eigenvalue weighted by Crippen LogP contribution is 2.23. The van der Waals surface area contributed by atoms with Gasteiger partial charge in [0.05, 0.1) is 19.3 Å². The number of anilines is 1. The van der Waals surface area contributed by atoms with Gasteiger partial charge in [-0.05, 0) is 37.5 Å². The van der Waals surface area contributed by atoms with Gasteiger partial charge in [0.2, 0.25) is 0 Å². The van der Waals surface area contributed by atoms with Crippen LogP contribution in [0, 0.1) is 0 Å². The molecule has 0 radical (unpaired) electrons. The third-order valence-corrected chi connectivity index (χ3v) is 4.80. The molecule has 29 heavy (non-hydrogen) atoms. The fraction of sp³-hybridized carbons (Fsp3) is 0.286. The Morgan fingerprint density at radius 3 is 2.52 bits per heavy atom. The van der Waals surface area contributed by atoms with Gasteiger partial charge in [-0.15, -0.1) is 0 Å². The summed E-state index contributed by atoms with van der Waals surface area (Å²) in [6.07, 6.45) is 1.05. The first-order chi connectivity index (χ1) is 13.9. The number of ether oxygens (including phenoxy) is 1. The van der Waals surface area contributed by atoms with Crippen molar-refractivity contribution in [2.45, 2.75) is 25.3 Å². The Morgan fingerprint density at radius 2 is 1.79 bits per heavy atom. The van der Waals surface area contributed by atoms with Crippen LogP contribution in [0.25, 0.3) is 0 Å². The highest BCUT2D eigenvalue weighted by atomic mass is 16.5. The lowest BCUT2D eigenvalue weighted by molar-refractivity contribution is -0.138. The number of nitrogens with one attached hydrogen (secondary N) is 3. The van der Waals surface area contributed by atoms with Crippen LogP contribution in [-0.2, 0) is 16.0 Å². The summed E-state index contributed by atoms with van der Waals surface area (Å²) < 4.78 is 5.21. The van der Waals surface area contributed by atoms with Crippen LogP contribution in [0.3, 0.4) is 0 Å². The Balaban J connectivity index is 1.57. The molecule has 1 atom stereocenters. The molecule has 3 rings (SSSR count). The molecule has 4 amide bonds. The molecule has 0 unspecified atom stereocenters. The number of rotatable bonds is 8. The number of urea groups is 1. The number of carbonyl (C=O) groups is 3. The molecule has 8 heteroatoms. The fourth-order valence-corrected chi connectivity index (χ4v) is 3.12. The van der Waals surface area contributed by atoms with E-state index in [2.05, 4.69) is 16.1 Å². The first-order valence-corrected chi connectivity index (χ1v) is 9.30. The standard InChI is InChI=1S/C21H24N4O4/c1-21(13-12-15-8-4-3-5-9-15)19(27)25(20(28)23-21)24-18(26)14-22-16-10-6-7-11-17(16)29-2/h3-11,22H,12-14H2,1-2H3,(H,23,28)(H,24,26)/t21-/m1/s1. The first kappa shape index (κ1) is 20.2. The SMILES string of the molecule is COc1ccccc1NCC(=O)NN1C(=O)N[C@](C)(CCc2ccccc2)C1=O.